The molecule has 0 atom stereocenters. The van der Waals surface area contributed by atoms with Crippen molar-refractivity contribution < 1.29 is 19.4 Å². The van der Waals surface area contributed by atoms with Gasteiger partial charge in [-0.1, -0.05) is 45.0 Å². The number of benzene rings is 2. The Hall–Kier alpha value is -3.21. The highest BCUT2D eigenvalue weighted by molar-refractivity contribution is 6.12. The summed E-state index contributed by atoms with van der Waals surface area (Å²) in [5, 5.41) is 8.92. The molecule has 0 aliphatic carbocycles. The topological polar surface area (TPSA) is 76.0 Å². The fraction of sp³-hybridized carbons (Fsp3) is 0.190. The van der Waals surface area contributed by atoms with E-state index in [1.165, 1.54) is 17.7 Å². The third kappa shape index (κ3) is 3.72. The smallest absolute Gasteiger partial charge is 0.363 e. The first-order valence-corrected chi connectivity index (χ1v) is 8.21. The highest BCUT2D eigenvalue weighted by Gasteiger charge is 2.24. The van der Waals surface area contributed by atoms with Crippen LogP contribution in [-0.2, 0) is 14.9 Å². The van der Waals surface area contributed by atoms with Gasteiger partial charge in [-0.05, 0) is 46.9 Å². The molecule has 2 aromatic rings. The number of carbonyl (C=O) groups excluding carboxylic acids is 1. The van der Waals surface area contributed by atoms with Gasteiger partial charge in [-0.15, -0.1) is 0 Å². The summed E-state index contributed by atoms with van der Waals surface area (Å²) in [4.78, 5) is 27.2. The van der Waals surface area contributed by atoms with E-state index in [0.717, 1.165) is 5.56 Å². The van der Waals surface area contributed by atoms with E-state index < -0.39 is 11.9 Å². The monoisotopic (exact) mass is 349 g/mol. The van der Waals surface area contributed by atoms with Gasteiger partial charge in [0.25, 0.3) is 0 Å². The molecule has 1 aliphatic heterocycles. The fourth-order valence-corrected chi connectivity index (χ4v) is 2.53. The normalized spacial score (nSPS) is 15.7. The van der Waals surface area contributed by atoms with Gasteiger partial charge in [0, 0.05) is 5.56 Å². The Kier molecular flexibility index (Phi) is 4.47. The van der Waals surface area contributed by atoms with Gasteiger partial charge in [-0.25, -0.2) is 14.6 Å². The maximum absolute atomic E-state index is 12.1. The van der Waals surface area contributed by atoms with E-state index in [1.807, 2.05) is 24.3 Å². The maximum Gasteiger partial charge on any atom is 0.363 e. The van der Waals surface area contributed by atoms with Crippen molar-refractivity contribution in [2.45, 2.75) is 26.2 Å². The van der Waals surface area contributed by atoms with Crippen LogP contribution in [0.15, 0.2) is 59.2 Å². The molecule has 0 fully saturated rings. The number of rotatable bonds is 3. The Bertz CT molecular complexity index is 914. The number of carbonyl (C=O) groups is 2. The third-order valence-corrected chi connectivity index (χ3v) is 4.08. The number of cyclic esters (lactones) is 1. The first-order chi connectivity index (χ1) is 12.2. The van der Waals surface area contributed by atoms with E-state index in [1.54, 1.807) is 18.2 Å². The number of carboxylic acid groups (broad SMARTS) is 1. The van der Waals surface area contributed by atoms with E-state index in [2.05, 4.69) is 25.8 Å². The van der Waals surface area contributed by atoms with Crippen molar-refractivity contribution in [1.82, 2.24) is 0 Å². The van der Waals surface area contributed by atoms with Crippen molar-refractivity contribution in [2.24, 2.45) is 4.99 Å². The molecule has 0 spiro atoms. The lowest BCUT2D eigenvalue weighted by Gasteiger charge is -2.18. The summed E-state index contributed by atoms with van der Waals surface area (Å²) in [7, 11) is 0. The van der Waals surface area contributed by atoms with Crippen molar-refractivity contribution in [1.29, 1.82) is 0 Å². The minimum Gasteiger partial charge on any atom is -0.478 e. The van der Waals surface area contributed by atoms with Gasteiger partial charge < -0.3 is 9.84 Å². The Morgan fingerprint density at radius 3 is 2.19 bits per heavy atom. The zero-order chi connectivity index (χ0) is 18.9. The largest absolute Gasteiger partial charge is 0.478 e. The van der Waals surface area contributed by atoms with Crippen molar-refractivity contribution in [3.05, 3.63) is 76.5 Å². The van der Waals surface area contributed by atoms with Crippen LogP contribution in [0.25, 0.3) is 6.08 Å². The Balaban J connectivity index is 1.85. The first-order valence-electron chi connectivity index (χ1n) is 8.21. The summed E-state index contributed by atoms with van der Waals surface area (Å²) >= 11 is 0. The van der Waals surface area contributed by atoms with E-state index >= 15 is 0 Å². The Morgan fingerprint density at radius 1 is 1.04 bits per heavy atom. The molecule has 1 heterocycles. The van der Waals surface area contributed by atoms with Gasteiger partial charge in [0.1, 0.15) is 0 Å². The molecule has 0 aromatic heterocycles. The second kappa shape index (κ2) is 6.59. The molecule has 26 heavy (non-hydrogen) atoms. The minimum absolute atomic E-state index is 0.0415. The van der Waals surface area contributed by atoms with Crippen molar-refractivity contribution in [3.63, 3.8) is 0 Å². The number of nitrogens with zero attached hydrogens (tertiary/aromatic N) is 1. The molecule has 0 saturated carbocycles. The second-order valence-corrected chi connectivity index (χ2v) is 7.09. The SMILES string of the molecule is CC(C)(C)c1ccc(C2=N/C(=C\c3ccc(C(=O)O)cc3)C(=O)O2)cc1. The first kappa shape index (κ1) is 17.6. The molecule has 5 nitrogen and oxygen atoms in total. The zero-order valence-corrected chi connectivity index (χ0v) is 14.8. The third-order valence-electron chi connectivity index (χ3n) is 4.08. The van der Waals surface area contributed by atoms with Crippen molar-refractivity contribution in [3.8, 4) is 0 Å². The van der Waals surface area contributed by atoms with E-state index in [0.29, 0.717) is 5.56 Å². The number of aromatic carboxylic acids is 1. The lowest BCUT2D eigenvalue weighted by molar-refractivity contribution is -0.129. The van der Waals surface area contributed by atoms with Gasteiger partial charge in [0.2, 0.25) is 5.90 Å². The van der Waals surface area contributed by atoms with Crippen LogP contribution in [0.2, 0.25) is 0 Å². The molecular formula is C21H19NO4. The van der Waals surface area contributed by atoms with Gasteiger partial charge in [-0.2, -0.15) is 0 Å². The van der Waals surface area contributed by atoms with Gasteiger partial charge in [-0.3, -0.25) is 0 Å². The van der Waals surface area contributed by atoms with Crippen LogP contribution in [0.5, 0.6) is 0 Å². The average Bonchev–Trinajstić information content (AvgIpc) is 2.95. The molecule has 1 N–H and O–H groups in total. The van der Waals surface area contributed by atoms with Crippen LogP contribution < -0.4 is 0 Å². The minimum atomic E-state index is -0.997. The van der Waals surface area contributed by atoms with Crippen LogP contribution in [0.3, 0.4) is 0 Å². The molecular weight excluding hydrogens is 330 g/mol. The molecule has 0 unspecified atom stereocenters. The summed E-state index contributed by atoms with van der Waals surface area (Å²) in [6.07, 6.45) is 1.57. The Morgan fingerprint density at radius 2 is 1.65 bits per heavy atom. The summed E-state index contributed by atoms with van der Waals surface area (Å²) in [6, 6.07) is 14.0. The van der Waals surface area contributed by atoms with Crippen LogP contribution in [0.4, 0.5) is 0 Å². The van der Waals surface area contributed by atoms with Gasteiger partial charge in [0.15, 0.2) is 5.70 Å². The maximum atomic E-state index is 12.1. The predicted molar refractivity (Wildman–Crippen MR) is 99.1 cm³/mol. The number of carboxylic acids is 1. The molecule has 3 rings (SSSR count). The van der Waals surface area contributed by atoms with Gasteiger partial charge in [0.05, 0.1) is 5.56 Å². The number of hydrogen-bond donors (Lipinski definition) is 1. The summed E-state index contributed by atoms with van der Waals surface area (Å²) < 4.78 is 5.27. The quantitative estimate of drug-likeness (QED) is 0.670. The van der Waals surface area contributed by atoms with Gasteiger partial charge >= 0.3 is 11.9 Å². The molecule has 5 heteroatoms. The van der Waals surface area contributed by atoms with Crippen LogP contribution in [-0.4, -0.2) is 22.9 Å². The number of aliphatic imine (C=N–C) groups is 1. The lowest BCUT2D eigenvalue weighted by atomic mass is 9.87. The number of hydrogen-bond acceptors (Lipinski definition) is 4. The van der Waals surface area contributed by atoms with E-state index in [4.69, 9.17) is 9.84 Å². The fourth-order valence-electron chi connectivity index (χ4n) is 2.53. The van der Waals surface area contributed by atoms with Crippen LogP contribution in [0, 0.1) is 0 Å². The van der Waals surface area contributed by atoms with Crippen molar-refractivity contribution >= 4 is 23.9 Å². The van der Waals surface area contributed by atoms with Crippen molar-refractivity contribution in [2.75, 3.05) is 0 Å². The highest BCUT2D eigenvalue weighted by atomic mass is 16.6. The molecule has 2 aromatic carbocycles. The summed E-state index contributed by atoms with van der Waals surface area (Å²) in [5.74, 6) is -1.26. The average molecular weight is 349 g/mol. The molecule has 1 aliphatic rings. The summed E-state index contributed by atoms with van der Waals surface area (Å²) in [5.41, 5.74) is 3.00. The Labute approximate surface area is 151 Å². The van der Waals surface area contributed by atoms with E-state index in [9.17, 15) is 9.59 Å². The summed E-state index contributed by atoms with van der Waals surface area (Å²) in [6.45, 7) is 6.39. The zero-order valence-electron chi connectivity index (χ0n) is 14.8. The second-order valence-electron chi connectivity index (χ2n) is 7.09. The highest BCUT2D eigenvalue weighted by Crippen LogP contribution is 2.24. The lowest BCUT2D eigenvalue weighted by Crippen LogP contribution is -2.11. The number of esters is 1. The van der Waals surface area contributed by atoms with Crippen LogP contribution >= 0.6 is 0 Å². The molecule has 132 valence electrons. The molecule has 0 amide bonds. The van der Waals surface area contributed by atoms with Crippen LogP contribution in [0.1, 0.15) is 47.8 Å². The number of ether oxygens (including phenoxy) is 1. The molecule has 0 bridgehead atoms. The predicted octanol–water partition coefficient (Wildman–Crippen LogP) is 4.03. The van der Waals surface area contributed by atoms with E-state index in [-0.39, 0.29) is 22.6 Å². The molecule has 0 saturated heterocycles. The standard InChI is InChI=1S/C21H19NO4/c1-21(2,3)16-10-8-14(9-11-16)18-22-17(20(25)26-18)12-13-4-6-15(7-5-13)19(23)24/h4-12H,1-3H3,(H,23,24)/b17-12-. The molecule has 0 radical (unpaired) electrons.